The molecule has 2 rings (SSSR count). The van der Waals surface area contributed by atoms with Crippen LogP contribution in [0.15, 0.2) is 24.3 Å². The van der Waals surface area contributed by atoms with Crippen LogP contribution >= 0.6 is 11.6 Å². The highest BCUT2D eigenvalue weighted by Crippen LogP contribution is 2.32. The molecule has 3 nitrogen and oxygen atoms in total. The Morgan fingerprint density at radius 1 is 1.28 bits per heavy atom. The van der Waals surface area contributed by atoms with E-state index < -0.39 is 0 Å². The molecule has 1 aliphatic rings. The van der Waals surface area contributed by atoms with E-state index in [2.05, 4.69) is 0 Å². The zero-order chi connectivity index (χ0) is 13.0. The summed E-state index contributed by atoms with van der Waals surface area (Å²) in [5, 5.41) is 11.2. The van der Waals surface area contributed by atoms with Crippen LogP contribution in [0, 0.1) is 16.0 Å². The first-order chi connectivity index (χ1) is 8.68. The van der Waals surface area contributed by atoms with Crippen LogP contribution in [-0.2, 0) is 6.42 Å². The summed E-state index contributed by atoms with van der Waals surface area (Å²) in [6, 6.07) is 7.01. The lowest BCUT2D eigenvalue weighted by atomic mass is 9.84. The van der Waals surface area contributed by atoms with Gasteiger partial charge in [-0.05, 0) is 31.6 Å². The lowest BCUT2D eigenvalue weighted by Crippen LogP contribution is -2.20. The Bertz CT molecular complexity index is 422. The van der Waals surface area contributed by atoms with Gasteiger partial charge in [0.05, 0.1) is 4.92 Å². The molecular weight excluding hydrogens is 250 g/mol. The molecule has 1 aromatic carbocycles. The first-order valence-corrected chi connectivity index (χ1v) is 6.98. The minimum absolute atomic E-state index is 0.236. The van der Waals surface area contributed by atoms with Crippen molar-refractivity contribution in [2.45, 2.75) is 43.9 Å². The number of halogens is 1. The summed E-state index contributed by atoms with van der Waals surface area (Å²) in [4.78, 5) is 10.6. The number of nitro benzene ring substituents is 1. The summed E-state index contributed by atoms with van der Waals surface area (Å²) >= 11 is 6.32. The molecule has 1 aliphatic carbocycles. The van der Waals surface area contributed by atoms with Gasteiger partial charge in [0.15, 0.2) is 0 Å². The Balaban J connectivity index is 1.99. The zero-order valence-corrected chi connectivity index (χ0v) is 11.1. The normalized spacial score (nSPS) is 23.8. The maximum Gasteiger partial charge on any atom is 0.272 e. The summed E-state index contributed by atoms with van der Waals surface area (Å²) in [6.07, 6.45) is 6.42. The third-order valence-electron chi connectivity index (χ3n) is 3.79. The van der Waals surface area contributed by atoms with E-state index >= 15 is 0 Å². The first kappa shape index (κ1) is 13.3. The van der Waals surface area contributed by atoms with Crippen LogP contribution in [-0.4, -0.2) is 10.3 Å². The number of hydrogen-bond acceptors (Lipinski definition) is 2. The van der Waals surface area contributed by atoms with Crippen molar-refractivity contribution in [2.24, 2.45) is 5.92 Å². The largest absolute Gasteiger partial charge is 0.272 e. The molecule has 18 heavy (non-hydrogen) atoms. The van der Waals surface area contributed by atoms with E-state index in [1.54, 1.807) is 12.1 Å². The molecule has 0 N–H and O–H groups in total. The summed E-state index contributed by atoms with van der Waals surface area (Å²) in [5.41, 5.74) is 1.07. The lowest BCUT2D eigenvalue weighted by molar-refractivity contribution is -0.385. The van der Waals surface area contributed by atoms with E-state index in [1.807, 2.05) is 12.1 Å². The van der Waals surface area contributed by atoms with E-state index in [0.29, 0.717) is 5.92 Å². The first-order valence-electron chi connectivity index (χ1n) is 6.55. The Kier molecular flexibility index (Phi) is 4.59. The average Bonchev–Trinajstić information content (AvgIpc) is 2.38. The van der Waals surface area contributed by atoms with Crippen LogP contribution in [0.1, 0.15) is 37.7 Å². The Morgan fingerprint density at radius 3 is 2.72 bits per heavy atom. The van der Waals surface area contributed by atoms with Gasteiger partial charge in [-0.3, -0.25) is 10.1 Å². The molecule has 1 saturated carbocycles. The second kappa shape index (κ2) is 6.19. The Hall–Kier alpha value is -1.09. The van der Waals surface area contributed by atoms with Gasteiger partial charge >= 0.3 is 0 Å². The van der Waals surface area contributed by atoms with E-state index in [-0.39, 0.29) is 16.0 Å². The van der Waals surface area contributed by atoms with Gasteiger partial charge < -0.3 is 0 Å². The number of benzene rings is 1. The molecule has 98 valence electrons. The van der Waals surface area contributed by atoms with Crippen molar-refractivity contribution in [3.63, 3.8) is 0 Å². The molecule has 0 aliphatic heterocycles. The highest BCUT2D eigenvalue weighted by molar-refractivity contribution is 6.20. The molecule has 0 bridgehead atoms. The molecule has 0 radical (unpaired) electrons. The molecule has 0 saturated heterocycles. The van der Waals surface area contributed by atoms with Gasteiger partial charge in [0.1, 0.15) is 0 Å². The van der Waals surface area contributed by atoms with E-state index in [1.165, 1.54) is 12.8 Å². The molecule has 0 heterocycles. The maximum absolute atomic E-state index is 10.9. The van der Waals surface area contributed by atoms with Gasteiger partial charge in [0, 0.05) is 17.0 Å². The predicted molar refractivity (Wildman–Crippen MR) is 73.0 cm³/mol. The van der Waals surface area contributed by atoms with Gasteiger partial charge in [0.2, 0.25) is 0 Å². The molecule has 4 heteroatoms. The minimum Gasteiger partial charge on any atom is -0.258 e. The summed E-state index contributed by atoms with van der Waals surface area (Å²) in [5.74, 6) is 0.514. The lowest BCUT2D eigenvalue weighted by Gasteiger charge is -2.26. The highest BCUT2D eigenvalue weighted by Gasteiger charge is 2.23. The highest BCUT2D eigenvalue weighted by atomic mass is 35.5. The fraction of sp³-hybridized carbons (Fsp3) is 0.571. The Labute approximate surface area is 112 Å². The average molecular weight is 268 g/mol. The third kappa shape index (κ3) is 3.22. The van der Waals surface area contributed by atoms with Crippen LogP contribution < -0.4 is 0 Å². The SMILES string of the molecule is O=[N+]([O-])c1ccccc1CCC1CCCCC1Cl. The van der Waals surface area contributed by atoms with Crippen LogP contribution in [0.4, 0.5) is 5.69 Å². The van der Waals surface area contributed by atoms with E-state index in [4.69, 9.17) is 11.6 Å². The number of aryl methyl sites for hydroxylation is 1. The minimum atomic E-state index is -0.297. The molecule has 2 atom stereocenters. The van der Waals surface area contributed by atoms with Crippen molar-refractivity contribution >= 4 is 17.3 Å². The molecular formula is C14H18ClNO2. The smallest absolute Gasteiger partial charge is 0.258 e. The molecule has 0 aromatic heterocycles. The van der Waals surface area contributed by atoms with Crippen molar-refractivity contribution in [1.82, 2.24) is 0 Å². The molecule has 0 amide bonds. The van der Waals surface area contributed by atoms with E-state index in [0.717, 1.165) is 31.2 Å². The fourth-order valence-corrected chi connectivity index (χ4v) is 3.14. The third-order valence-corrected chi connectivity index (χ3v) is 4.36. The summed E-state index contributed by atoms with van der Waals surface area (Å²) < 4.78 is 0. The fourth-order valence-electron chi connectivity index (χ4n) is 2.73. The van der Waals surface area contributed by atoms with Crippen LogP contribution in [0.25, 0.3) is 0 Å². The second-order valence-electron chi connectivity index (χ2n) is 4.99. The topological polar surface area (TPSA) is 43.1 Å². The van der Waals surface area contributed by atoms with Crippen molar-refractivity contribution in [3.05, 3.63) is 39.9 Å². The van der Waals surface area contributed by atoms with Crippen LogP contribution in [0.5, 0.6) is 0 Å². The number of alkyl halides is 1. The second-order valence-corrected chi connectivity index (χ2v) is 5.55. The van der Waals surface area contributed by atoms with Crippen molar-refractivity contribution in [1.29, 1.82) is 0 Å². The monoisotopic (exact) mass is 267 g/mol. The van der Waals surface area contributed by atoms with E-state index in [9.17, 15) is 10.1 Å². The maximum atomic E-state index is 10.9. The summed E-state index contributed by atoms with van der Waals surface area (Å²) in [6.45, 7) is 0. The van der Waals surface area contributed by atoms with Crippen molar-refractivity contribution in [3.8, 4) is 0 Å². The van der Waals surface area contributed by atoms with Crippen LogP contribution in [0.2, 0.25) is 0 Å². The van der Waals surface area contributed by atoms with Gasteiger partial charge in [-0.15, -0.1) is 11.6 Å². The summed E-state index contributed by atoms with van der Waals surface area (Å²) in [7, 11) is 0. The quantitative estimate of drug-likeness (QED) is 0.463. The number of nitro groups is 1. The zero-order valence-electron chi connectivity index (χ0n) is 10.3. The molecule has 1 aromatic rings. The molecule has 2 unspecified atom stereocenters. The molecule has 1 fully saturated rings. The van der Waals surface area contributed by atoms with Gasteiger partial charge in [0.25, 0.3) is 5.69 Å². The number of para-hydroxylation sites is 1. The number of nitrogens with zero attached hydrogens (tertiary/aromatic N) is 1. The van der Waals surface area contributed by atoms with Gasteiger partial charge in [-0.2, -0.15) is 0 Å². The van der Waals surface area contributed by atoms with Crippen molar-refractivity contribution in [2.75, 3.05) is 0 Å². The number of rotatable bonds is 4. The van der Waals surface area contributed by atoms with Crippen molar-refractivity contribution < 1.29 is 4.92 Å². The van der Waals surface area contributed by atoms with Gasteiger partial charge in [-0.25, -0.2) is 0 Å². The van der Waals surface area contributed by atoms with Crippen LogP contribution in [0.3, 0.4) is 0 Å². The predicted octanol–water partition coefficient (Wildman–Crippen LogP) is 4.33. The van der Waals surface area contributed by atoms with Gasteiger partial charge in [-0.1, -0.05) is 31.0 Å². The molecule has 0 spiro atoms. The number of hydrogen-bond donors (Lipinski definition) is 0. The standard InChI is InChI=1S/C14H18ClNO2/c15-13-7-3-1-5-11(13)9-10-12-6-2-4-8-14(12)16(17)18/h2,4,6,8,11,13H,1,3,5,7,9-10H2. The Morgan fingerprint density at radius 2 is 2.00 bits per heavy atom.